The van der Waals surface area contributed by atoms with Crippen molar-refractivity contribution in [3.05, 3.63) is 0 Å². The molecule has 0 aromatic rings. The zero-order valence-corrected chi connectivity index (χ0v) is 7.29. The molecule has 1 N–H and O–H groups in total. The lowest BCUT2D eigenvalue weighted by molar-refractivity contribution is -0.149. The Kier molecular flexibility index (Phi) is 1.92. The Morgan fingerprint density at radius 2 is 2.27 bits per heavy atom. The first-order chi connectivity index (χ1) is 4.99. The summed E-state index contributed by atoms with van der Waals surface area (Å²) in [5.41, 5.74) is -0.639. The number of nitrogens with zero attached hydrogens (tertiary/aromatic N) is 1. The van der Waals surface area contributed by atoms with Gasteiger partial charge in [-0.05, 0) is 32.9 Å². The predicted molar refractivity (Wildman–Crippen MR) is 42.5 cm³/mol. The zero-order valence-electron chi connectivity index (χ0n) is 7.29. The number of rotatable bonds is 1. The molecule has 0 amide bonds. The highest BCUT2D eigenvalue weighted by Gasteiger charge is 2.46. The van der Waals surface area contributed by atoms with Crippen LogP contribution in [0.5, 0.6) is 0 Å². The van der Waals surface area contributed by atoms with Crippen molar-refractivity contribution >= 4 is 5.97 Å². The van der Waals surface area contributed by atoms with Crippen molar-refractivity contribution < 1.29 is 9.90 Å². The van der Waals surface area contributed by atoms with Crippen LogP contribution in [0, 0.1) is 5.92 Å². The summed E-state index contributed by atoms with van der Waals surface area (Å²) in [4.78, 5) is 12.8. The molecule has 1 rings (SSSR count). The second-order valence-corrected chi connectivity index (χ2v) is 3.56. The Labute approximate surface area is 67.0 Å². The Hall–Kier alpha value is -0.570. The van der Waals surface area contributed by atoms with Gasteiger partial charge in [0.2, 0.25) is 0 Å². The molecule has 1 aliphatic heterocycles. The minimum Gasteiger partial charge on any atom is -0.480 e. The maximum Gasteiger partial charge on any atom is 0.324 e. The Morgan fingerprint density at radius 1 is 1.73 bits per heavy atom. The van der Waals surface area contributed by atoms with Crippen LogP contribution in [0.25, 0.3) is 0 Å². The van der Waals surface area contributed by atoms with Gasteiger partial charge in [0.15, 0.2) is 0 Å². The molecule has 2 atom stereocenters. The number of likely N-dealkylation sites (tertiary alicyclic amines) is 1. The molecule has 0 aromatic carbocycles. The largest absolute Gasteiger partial charge is 0.480 e. The number of carboxylic acid groups (broad SMARTS) is 1. The van der Waals surface area contributed by atoms with E-state index in [0.29, 0.717) is 0 Å². The molecule has 0 saturated carbocycles. The molecule has 1 heterocycles. The first kappa shape index (κ1) is 8.53. The van der Waals surface area contributed by atoms with Crippen LogP contribution in [0.4, 0.5) is 0 Å². The van der Waals surface area contributed by atoms with Gasteiger partial charge in [0.1, 0.15) is 5.54 Å². The van der Waals surface area contributed by atoms with E-state index in [0.717, 1.165) is 13.0 Å². The molecule has 0 radical (unpaired) electrons. The van der Waals surface area contributed by atoms with Crippen molar-refractivity contribution in [1.29, 1.82) is 0 Å². The fraction of sp³-hybridized carbons (Fsp3) is 0.875. The predicted octanol–water partition coefficient (Wildman–Crippen LogP) is 0.801. The fourth-order valence-corrected chi connectivity index (χ4v) is 1.65. The molecule has 1 fully saturated rings. The van der Waals surface area contributed by atoms with Crippen LogP contribution in [0.15, 0.2) is 0 Å². The van der Waals surface area contributed by atoms with E-state index in [4.69, 9.17) is 5.11 Å². The second-order valence-electron chi connectivity index (χ2n) is 3.56. The number of hydrogen-bond donors (Lipinski definition) is 1. The summed E-state index contributed by atoms with van der Waals surface area (Å²) in [7, 11) is 1.87. The summed E-state index contributed by atoms with van der Waals surface area (Å²) in [6.07, 6.45) is 0.985. The van der Waals surface area contributed by atoms with Gasteiger partial charge >= 0.3 is 5.97 Å². The van der Waals surface area contributed by atoms with Gasteiger partial charge in [-0.25, -0.2) is 0 Å². The van der Waals surface area contributed by atoms with E-state index >= 15 is 0 Å². The van der Waals surface area contributed by atoms with Gasteiger partial charge in [0.05, 0.1) is 0 Å². The SMILES string of the molecule is CC1CCN(C)[C@]1(C)C(=O)O. The first-order valence-electron chi connectivity index (χ1n) is 3.94. The monoisotopic (exact) mass is 157 g/mol. The smallest absolute Gasteiger partial charge is 0.324 e. The van der Waals surface area contributed by atoms with Crippen LogP contribution >= 0.6 is 0 Å². The van der Waals surface area contributed by atoms with E-state index < -0.39 is 11.5 Å². The summed E-state index contributed by atoms with van der Waals surface area (Å²) in [6, 6.07) is 0. The topological polar surface area (TPSA) is 40.5 Å². The van der Waals surface area contributed by atoms with Gasteiger partial charge in [-0.1, -0.05) is 6.92 Å². The minimum atomic E-state index is -0.704. The van der Waals surface area contributed by atoms with Crippen molar-refractivity contribution in [2.24, 2.45) is 5.92 Å². The summed E-state index contributed by atoms with van der Waals surface area (Å²) in [5, 5.41) is 8.97. The third-order valence-corrected chi connectivity index (χ3v) is 3.08. The van der Waals surface area contributed by atoms with Gasteiger partial charge in [0, 0.05) is 0 Å². The normalized spacial score (nSPS) is 39.4. The average Bonchev–Trinajstić information content (AvgIpc) is 2.18. The third kappa shape index (κ3) is 1.03. The van der Waals surface area contributed by atoms with Crippen LogP contribution in [-0.2, 0) is 4.79 Å². The Bertz CT molecular complexity index is 169. The third-order valence-electron chi connectivity index (χ3n) is 3.08. The number of carboxylic acids is 1. The van der Waals surface area contributed by atoms with Gasteiger partial charge in [0.25, 0.3) is 0 Å². The van der Waals surface area contributed by atoms with E-state index in [1.165, 1.54) is 0 Å². The van der Waals surface area contributed by atoms with E-state index in [1.54, 1.807) is 6.92 Å². The molecule has 0 bridgehead atoms. The number of hydrogen-bond acceptors (Lipinski definition) is 2. The molecule has 64 valence electrons. The minimum absolute atomic E-state index is 0.255. The number of likely N-dealkylation sites (N-methyl/N-ethyl adjacent to an activating group) is 1. The van der Waals surface area contributed by atoms with Crippen LogP contribution in [-0.4, -0.2) is 35.1 Å². The number of aliphatic carboxylic acids is 1. The standard InChI is InChI=1S/C8H15NO2/c1-6-4-5-9(3)8(6,2)7(10)11/h6H,4-5H2,1-3H3,(H,10,11)/t6?,8-/m0/s1. The summed E-state index contributed by atoms with van der Waals surface area (Å²) in [5.74, 6) is -0.449. The lowest BCUT2D eigenvalue weighted by Gasteiger charge is -2.30. The highest BCUT2D eigenvalue weighted by Crippen LogP contribution is 2.33. The van der Waals surface area contributed by atoms with Crippen molar-refractivity contribution in [1.82, 2.24) is 4.90 Å². The summed E-state index contributed by atoms with van der Waals surface area (Å²) in [6.45, 7) is 4.69. The van der Waals surface area contributed by atoms with Gasteiger partial charge in [-0.15, -0.1) is 0 Å². The molecule has 3 heteroatoms. The lowest BCUT2D eigenvalue weighted by Crippen LogP contribution is -2.49. The molecular weight excluding hydrogens is 142 g/mol. The maximum absolute atomic E-state index is 10.9. The van der Waals surface area contributed by atoms with Crippen LogP contribution in [0.3, 0.4) is 0 Å². The van der Waals surface area contributed by atoms with Crippen LogP contribution in [0.1, 0.15) is 20.3 Å². The van der Waals surface area contributed by atoms with E-state index in [-0.39, 0.29) is 5.92 Å². The van der Waals surface area contributed by atoms with E-state index in [9.17, 15) is 4.79 Å². The molecule has 1 unspecified atom stereocenters. The summed E-state index contributed by atoms with van der Waals surface area (Å²) < 4.78 is 0. The molecule has 0 aliphatic carbocycles. The molecule has 0 aromatic heterocycles. The summed E-state index contributed by atoms with van der Waals surface area (Å²) >= 11 is 0. The zero-order chi connectivity index (χ0) is 8.65. The fourth-order valence-electron chi connectivity index (χ4n) is 1.65. The van der Waals surface area contributed by atoms with Crippen molar-refractivity contribution in [3.63, 3.8) is 0 Å². The molecule has 11 heavy (non-hydrogen) atoms. The van der Waals surface area contributed by atoms with Gasteiger partial charge in [-0.2, -0.15) is 0 Å². The Balaban J connectivity index is 2.88. The van der Waals surface area contributed by atoms with Gasteiger partial charge < -0.3 is 5.11 Å². The number of carbonyl (C=O) groups is 1. The van der Waals surface area contributed by atoms with E-state index in [2.05, 4.69) is 0 Å². The molecular formula is C8H15NO2. The van der Waals surface area contributed by atoms with Crippen molar-refractivity contribution in [2.75, 3.05) is 13.6 Å². The van der Waals surface area contributed by atoms with Crippen molar-refractivity contribution in [3.8, 4) is 0 Å². The second kappa shape index (κ2) is 2.48. The van der Waals surface area contributed by atoms with Crippen LogP contribution < -0.4 is 0 Å². The Morgan fingerprint density at radius 3 is 2.45 bits per heavy atom. The van der Waals surface area contributed by atoms with E-state index in [1.807, 2.05) is 18.9 Å². The van der Waals surface area contributed by atoms with Crippen LogP contribution in [0.2, 0.25) is 0 Å². The maximum atomic E-state index is 10.9. The average molecular weight is 157 g/mol. The molecule has 1 aliphatic rings. The molecule has 1 saturated heterocycles. The molecule has 3 nitrogen and oxygen atoms in total. The molecule has 0 spiro atoms. The first-order valence-corrected chi connectivity index (χ1v) is 3.94. The van der Waals surface area contributed by atoms with Crippen molar-refractivity contribution in [2.45, 2.75) is 25.8 Å². The van der Waals surface area contributed by atoms with Gasteiger partial charge in [-0.3, -0.25) is 9.69 Å². The lowest BCUT2D eigenvalue weighted by atomic mass is 9.88. The highest BCUT2D eigenvalue weighted by atomic mass is 16.4. The highest BCUT2D eigenvalue weighted by molar-refractivity contribution is 5.79. The quantitative estimate of drug-likeness (QED) is 0.612.